The first kappa shape index (κ1) is 14.8. The minimum atomic E-state index is -4.63. The van der Waals surface area contributed by atoms with E-state index in [1.807, 2.05) is 0 Å². The van der Waals surface area contributed by atoms with Crippen LogP contribution in [0.15, 0.2) is 39.6 Å². The molecule has 0 aliphatic heterocycles. The zero-order valence-electron chi connectivity index (χ0n) is 11.2. The van der Waals surface area contributed by atoms with Gasteiger partial charge in [-0.15, -0.1) is 0 Å². The van der Waals surface area contributed by atoms with Gasteiger partial charge in [-0.3, -0.25) is 9.89 Å². The van der Waals surface area contributed by atoms with Crippen LogP contribution in [0.4, 0.5) is 13.2 Å². The van der Waals surface area contributed by atoms with E-state index in [9.17, 15) is 18.0 Å². The number of alkyl halides is 3. The summed E-state index contributed by atoms with van der Waals surface area (Å²) in [4.78, 5) is 16.3. The molecule has 4 nitrogen and oxygen atoms in total. The number of H-pyrrole nitrogens is 1. The first-order valence-electron chi connectivity index (χ1n) is 6.24. The Morgan fingerprint density at radius 2 is 1.86 bits per heavy atom. The summed E-state index contributed by atoms with van der Waals surface area (Å²) in [5, 5.41) is 2.13. The SMILES string of the molecule is Cc1nc2c(-c3ccccc3)c(C(F)(F)F)[nH]n2c(=O)c1Br. The van der Waals surface area contributed by atoms with Crippen molar-refractivity contribution in [1.29, 1.82) is 0 Å². The van der Waals surface area contributed by atoms with E-state index >= 15 is 0 Å². The van der Waals surface area contributed by atoms with Crippen molar-refractivity contribution in [2.45, 2.75) is 13.1 Å². The molecule has 0 spiro atoms. The smallest absolute Gasteiger partial charge is 0.284 e. The van der Waals surface area contributed by atoms with Gasteiger partial charge in [0.1, 0.15) is 10.2 Å². The van der Waals surface area contributed by atoms with Crippen LogP contribution in [-0.4, -0.2) is 14.6 Å². The first-order chi connectivity index (χ1) is 10.3. The zero-order valence-corrected chi connectivity index (χ0v) is 12.8. The molecule has 1 N–H and O–H groups in total. The van der Waals surface area contributed by atoms with Gasteiger partial charge in [0.25, 0.3) is 5.56 Å². The Labute approximate surface area is 130 Å². The maximum atomic E-state index is 13.3. The van der Waals surface area contributed by atoms with Crippen molar-refractivity contribution in [3.05, 3.63) is 56.5 Å². The Morgan fingerprint density at radius 1 is 1.23 bits per heavy atom. The van der Waals surface area contributed by atoms with Crippen LogP contribution in [0.2, 0.25) is 0 Å². The number of nitrogens with one attached hydrogen (secondary N) is 1. The number of hydrogen-bond donors (Lipinski definition) is 1. The lowest BCUT2D eigenvalue weighted by Gasteiger charge is -2.07. The minimum absolute atomic E-state index is 0.0516. The number of benzene rings is 1. The summed E-state index contributed by atoms with van der Waals surface area (Å²) in [6.45, 7) is 1.56. The molecule has 3 aromatic rings. The molecule has 0 aliphatic carbocycles. The third kappa shape index (κ3) is 2.23. The Balaban J connectivity index is 2.50. The van der Waals surface area contributed by atoms with E-state index in [-0.39, 0.29) is 15.7 Å². The molecule has 0 radical (unpaired) electrons. The molecule has 0 aliphatic rings. The maximum Gasteiger partial charge on any atom is 0.433 e. The van der Waals surface area contributed by atoms with Crippen LogP contribution >= 0.6 is 15.9 Å². The van der Waals surface area contributed by atoms with Crippen molar-refractivity contribution >= 4 is 21.6 Å². The molecule has 0 unspecified atom stereocenters. The third-order valence-corrected chi connectivity index (χ3v) is 4.15. The highest BCUT2D eigenvalue weighted by Gasteiger charge is 2.38. The van der Waals surface area contributed by atoms with Gasteiger partial charge >= 0.3 is 6.18 Å². The van der Waals surface area contributed by atoms with E-state index in [1.165, 1.54) is 0 Å². The molecule has 1 aromatic carbocycles. The quantitative estimate of drug-likeness (QED) is 0.707. The summed E-state index contributed by atoms with van der Waals surface area (Å²) in [5.74, 6) is 0. The topological polar surface area (TPSA) is 50.2 Å². The number of hydrogen-bond acceptors (Lipinski definition) is 2. The van der Waals surface area contributed by atoms with E-state index in [2.05, 4.69) is 26.0 Å². The van der Waals surface area contributed by atoms with Crippen LogP contribution in [0, 0.1) is 6.92 Å². The lowest BCUT2D eigenvalue weighted by Crippen LogP contribution is -2.18. The number of nitrogens with zero attached hydrogens (tertiary/aromatic N) is 2. The van der Waals surface area contributed by atoms with Crippen molar-refractivity contribution in [2.75, 3.05) is 0 Å². The number of aromatic nitrogens is 3. The van der Waals surface area contributed by atoms with E-state index in [0.29, 0.717) is 11.3 Å². The van der Waals surface area contributed by atoms with Gasteiger partial charge in [-0.25, -0.2) is 4.98 Å². The Morgan fingerprint density at radius 3 is 2.45 bits per heavy atom. The molecule has 3 rings (SSSR count). The lowest BCUT2D eigenvalue weighted by atomic mass is 10.1. The molecular formula is C14H9BrF3N3O. The molecular weight excluding hydrogens is 363 g/mol. The Kier molecular flexibility index (Phi) is 3.36. The highest BCUT2D eigenvalue weighted by atomic mass is 79.9. The highest BCUT2D eigenvalue weighted by Crippen LogP contribution is 2.38. The Hall–Kier alpha value is -2.09. The number of aromatic amines is 1. The highest BCUT2D eigenvalue weighted by molar-refractivity contribution is 9.10. The van der Waals surface area contributed by atoms with Gasteiger partial charge in [0.2, 0.25) is 0 Å². The Bertz CT molecular complexity index is 913. The molecule has 8 heteroatoms. The zero-order chi connectivity index (χ0) is 16.1. The van der Waals surface area contributed by atoms with Crippen molar-refractivity contribution in [2.24, 2.45) is 0 Å². The molecule has 0 amide bonds. The molecule has 114 valence electrons. The van der Waals surface area contributed by atoms with Crippen LogP contribution in [0.25, 0.3) is 16.8 Å². The number of fused-ring (bicyclic) bond motifs is 1. The van der Waals surface area contributed by atoms with Gasteiger partial charge < -0.3 is 0 Å². The van der Waals surface area contributed by atoms with Gasteiger partial charge in [-0.05, 0) is 28.4 Å². The van der Waals surface area contributed by atoms with E-state index in [0.717, 1.165) is 4.52 Å². The predicted octanol–water partition coefficient (Wildman–Crippen LogP) is 3.78. The minimum Gasteiger partial charge on any atom is -0.284 e. The van der Waals surface area contributed by atoms with Crippen LogP contribution in [-0.2, 0) is 6.18 Å². The summed E-state index contributed by atoms with van der Waals surface area (Å²) in [7, 11) is 0. The molecule has 22 heavy (non-hydrogen) atoms. The fourth-order valence-electron chi connectivity index (χ4n) is 2.24. The molecule has 0 fully saturated rings. The van der Waals surface area contributed by atoms with Crippen molar-refractivity contribution < 1.29 is 13.2 Å². The van der Waals surface area contributed by atoms with Gasteiger partial charge in [-0.2, -0.15) is 17.7 Å². The predicted molar refractivity (Wildman–Crippen MR) is 78.7 cm³/mol. The van der Waals surface area contributed by atoms with Crippen LogP contribution in [0.1, 0.15) is 11.4 Å². The standard InChI is InChI=1S/C14H9BrF3N3O/c1-7-10(15)13(22)21-12(19-7)9(8-5-3-2-4-6-8)11(20-21)14(16,17)18/h2-6,20H,1H3. The second-order valence-corrected chi connectivity index (χ2v) is 5.49. The molecule has 0 atom stereocenters. The number of rotatable bonds is 1. The van der Waals surface area contributed by atoms with Crippen LogP contribution in [0.5, 0.6) is 0 Å². The van der Waals surface area contributed by atoms with E-state index < -0.39 is 17.4 Å². The summed E-state index contributed by atoms with van der Waals surface area (Å²) in [5.41, 5.74) is -1.14. The molecule has 0 saturated heterocycles. The molecule has 2 heterocycles. The lowest BCUT2D eigenvalue weighted by molar-refractivity contribution is -0.140. The first-order valence-corrected chi connectivity index (χ1v) is 7.03. The molecule has 0 bridgehead atoms. The van der Waals surface area contributed by atoms with Crippen LogP contribution < -0.4 is 5.56 Å². The van der Waals surface area contributed by atoms with E-state index in [1.54, 1.807) is 37.3 Å². The van der Waals surface area contributed by atoms with Crippen molar-refractivity contribution in [3.63, 3.8) is 0 Å². The second kappa shape index (κ2) is 4.98. The third-order valence-electron chi connectivity index (χ3n) is 3.24. The fraction of sp³-hybridized carbons (Fsp3) is 0.143. The van der Waals surface area contributed by atoms with Crippen LogP contribution in [0.3, 0.4) is 0 Å². The number of aryl methyl sites for hydroxylation is 1. The van der Waals surface area contributed by atoms with Gasteiger partial charge in [-0.1, -0.05) is 30.3 Å². The average Bonchev–Trinajstić information content (AvgIpc) is 2.85. The van der Waals surface area contributed by atoms with Gasteiger partial charge in [0, 0.05) is 0 Å². The summed E-state index contributed by atoms with van der Waals surface area (Å²) in [6, 6.07) is 8.04. The molecule has 2 aromatic heterocycles. The second-order valence-electron chi connectivity index (χ2n) is 4.70. The average molecular weight is 372 g/mol. The number of halogens is 4. The summed E-state index contributed by atoms with van der Waals surface area (Å²) >= 11 is 3.04. The van der Waals surface area contributed by atoms with Gasteiger partial charge in [0.15, 0.2) is 5.65 Å². The summed E-state index contributed by atoms with van der Waals surface area (Å²) < 4.78 is 40.9. The summed E-state index contributed by atoms with van der Waals surface area (Å²) in [6.07, 6.45) is -4.63. The fourth-order valence-corrected chi connectivity index (χ4v) is 2.51. The van der Waals surface area contributed by atoms with E-state index in [4.69, 9.17) is 0 Å². The largest absolute Gasteiger partial charge is 0.433 e. The normalized spacial score (nSPS) is 12.0. The van der Waals surface area contributed by atoms with Crippen molar-refractivity contribution in [1.82, 2.24) is 14.6 Å². The van der Waals surface area contributed by atoms with Crippen molar-refractivity contribution in [3.8, 4) is 11.1 Å². The monoisotopic (exact) mass is 371 g/mol. The maximum absolute atomic E-state index is 13.3. The molecule has 0 saturated carbocycles. The van der Waals surface area contributed by atoms with Gasteiger partial charge in [0.05, 0.1) is 11.3 Å².